The van der Waals surface area contributed by atoms with Crippen LogP contribution >= 0.6 is 0 Å². The van der Waals surface area contributed by atoms with Crippen molar-refractivity contribution in [2.75, 3.05) is 5.32 Å². The van der Waals surface area contributed by atoms with Gasteiger partial charge in [0.15, 0.2) is 5.69 Å². The number of nitro benzene ring substituents is 1. The highest BCUT2D eigenvalue weighted by molar-refractivity contribution is 5.68. The van der Waals surface area contributed by atoms with Crippen LogP contribution in [-0.2, 0) is 6.18 Å². The Morgan fingerprint density at radius 1 is 1.38 bits per heavy atom. The number of nitrogens with zero attached hydrogens (tertiary/aromatic N) is 3. The molecule has 10 heteroatoms. The number of halogens is 3. The molecule has 0 aliphatic rings. The van der Waals surface area contributed by atoms with Gasteiger partial charge in [0.1, 0.15) is 5.69 Å². The predicted octanol–water partition coefficient (Wildman–Crippen LogP) is 3.32. The van der Waals surface area contributed by atoms with Gasteiger partial charge in [-0.1, -0.05) is 12.6 Å². The maximum Gasteiger partial charge on any atom is 0.433 e. The SMILES string of the molecule is C=Cn1c(Nc2ccc(C)cc2[N+](=O)[O-])nc(C(F)(F)F)cc1=O. The highest BCUT2D eigenvalue weighted by atomic mass is 19.4. The van der Waals surface area contributed by atoms with Crippen LogP contribution in [0.3, 0.4) is 0 Å². The van der Waals surface area contributed by atoms with Crippen molar-refractivity contribution in [2.45, 2.75) is 13.1 Å². The second kappa shape index (κ2) is 6.14. The molecule has 0 unspecified atom stereocenters. The maximum atomic E-state index is 12.8. The minimum absolute atomic E-state index is 0.104. The first-order valence-electron chi connectivity index (χ1n) is 6.49. The molecule has 126 valence electrons. The van der Waals surface area contributed by atoms with Gasteiger partial charge in [0, 0.05) is 18.3 Å². The normalized spacial score (nSPS) is 11.2. The van der Waals surface area contributed by atoms with Crippen LogP contribution < -0.4 is 10.9 Å². The van der Waals surface area contributed by atoms with E-state index in [0.29, 0.717) is 11.6 Å². The van der Waals surface area contributed by atoms with Crippen LogP contribution in [0.5, 0.6) is 0 Å². The molecular weight excluding hydrogens is 329 g/mol. The van der Waals surface area contributed by atoms with Crippen LogP contribution in [0.1, 0.15) is 11.3 Å². The summed E-state index contributed by atoms with van der Waals surface area (Å²) in [7, 11) is 0. The van der Waals surface area contributed by atoms with E-state index in [1.807, 2.05) is 0 Å². The Morgan fingerprint density at radius 2 is 2.04 bits per heavy atom. The zero-order valence-electron chi connectivity index (χ0n) is 12.3. The zero-order valence-corrected chi connectivity index (χ0v) is 12.3. The molecule has 0 atom stereocenters. The molecule has 0 saturated heterocycles. The summed E-state index contributed by atoms with van der Waals surface area (Å²) < 4.78 is 39.2. The third kappa shape index (κ3) is 3.42. The fourth-order valence-corrected chi connectivity index (χ4v) is 1.92. The molecule has 1 N–H and O–H groups in total. The van der Waals surface area contributed by atoms with Gasteiger partial charge in [0.2, 0.25) is 5.95 Å². The van der Waals surface area contributed by atoms with Crippen LogP contribution in [0.4, 0.5) is 30.5 Å². The van der Waals surface area contributed by atoms with Crippen LogP contribution in [0.15, 0.2) is 35.6 Å². The molecule has 0 spiro atoms. The lowest BCUT2D eigenvalue weighted by Gasteiger charge is -2.13. The van der Waals surface area contributed by atoms with E-state index in [1.165, 1.54) is 18.2 Å². The summed E-state index contributed by atoms with van der Waals surface area (Å²) in [6, 6.07) is 4.40. The van der Waals surface area contributed by atoms with Gasteiger partial charge in [0.05, 0.1) is 4.92 Å². The quantitative estimate of drug-likeness (QED) is 0.681. The Hall–Kier alpha value is -3.17. The average Bonchev–Trinajstić information content (AvgIpc) is 2.47. The van der Waals surface area contributed by atoms with Gasteiger partial charge >= 0.3 is 6.18 Å². The lowest BCUT2D eigenvalue weighted by molar-refractivity contribution is -0.384. The molecule has 2 aromatic rings. The van der Waals surface area contributed by atoms with Gasteiger partial charge in [-0.2, -0.15) is 13.2 Å². The first-order chi connectivity index (χ1) is 11.1. The van der Waals surface area contributed by atoms with Crippen LogP contribution in [0, 0.1) is 17.0 Å². The summed E-state index contributed by atoms with van der Waals surface area (Å²) in [5.74, 6) is -0.531. The summed E-state index contributed by atoms with van der Waals surface area (Å²) in [5.41, 5.74) is -2.32. The second-order valence-corrected chi connectivity index (χ2v) is 4.76. The largest absolute Gasteiger partial charge is 0.433 e. The number of anilines is 2. The Balaban J connectivity index is 2.62. The Bertz CT molecular complexity index is 875. The average molecular weight is 340 g/mol. The standard InChI is InChI=1S/C14H11F3N4O3/c1-3-20-12(22)7-11(14(15,16)17)19-13(20)18-9-5-4-8(2)6-10(9)21(23)24/h3-7H,1H2,2H3,(H,18,19). The van der Waals surface area contributed by atoms with E-state index in [2.05, 4.69) is 16.9 Å². The molecule has 0 fully saturated rings. The van der Waals surface area contributed by atoms with Crippen LogP contribution in [0.25, 0.3) is 6.20 Å². The van der Waals surface area contributed by atoms with E-state index in [9.17, 15) is 28.1 Å². The van der Waals surface area contributed by atoms with E-state index < -0.39 is 28.3 Å². The molecule has 0 aliphatic heterocycles. The van der Waals surface area contributed by atoms with Gasteiger partial charge in [-0.25, -0.2) is 4.98 Å². The molecule has 1 aromatic heterocycles. The van der Waals surface area contributed by atoms with E-state index in [0.717, 1.165) is 10.8 Å². The fourth-order valence-electron chi connectivity index (χ4n) is 1.92. The van der Waals surface area contributed by atoms with Gasteiger partial charge in [-0.15, -0.1) is 0 Å². The van der Waals surface area contributed by atoms with Crippen molar-refractivity contribution in [2.24, 2.45) is 0 Å². The fraction of sp³-hybridized carbons (Fsp3) is 0.143. The lowest BCUT2D eigenvalue weighted by Crippen LogP contribution is -2.23. The van der Waals surface area contributed by atoms with Crippen molar-refractivity contribution in [1.82, 2.24) is 9.55 Å². The summed E-state index contributed by atoms with van der Waals surface area (Å²) >= 11 is 0. The molecule has 0 bridgehead atoms. The van der Waals surface area contributed by atoms with Gasteiger partial charge in [-0.05, 0) is 18.6 Å². The van der Waals surface area contributed by atoms with Crippen molar-refractivity contribution in [3.8, 4) is 0 Å². The van der Waals surface area contributed by atoms with E-state index in [-0.39, 0.29) is 11.4 Å². The molecule has 0 aliphatic carbocycles. The number of aromatic nitrogens is 2. The first kappa shape index (κ1) is 17.2. The monoisotopic (exact) mass is 340 g/mol. The Labute approximate surface area is 133 Å². The molecule has 0 amide bonds. The first-order valence-corrected chi connectivity index (χ1v) is 6.49. The van der Waals surface area contributed by atoms with Gasteiger partial charge < -0.3 is 5.32 Å². The number of nitro groups is 1. The van der Waals surface area contributed by atoms with Crippen molar-refractivity contribution in [3.05, 3.63) is 62.6 Å². The summed E-state index contributed by atoms with van der Waals surface area (Å²) in [4.78, 5) is 25.5. The molecule has 7 nitrogen and oxygen atoms in total. The van der Waals surface area contributed by atoms with Crippen LogP contribution in [0.2, 0.25) is 0 Å². The van der Waals surface area contributed by atoms with E-state index in [4.69, 9.17) is 0 Å². The third-order valence-electron chi connectivity index (χ3n) is 3.02. The molecule has 1 aromatic carbocycles. The van der Waals surface area contributed by atoms with Crippen molar-refractivity contribution < 1.29 is 18.1 Å². The Kier molecular flexibility index (Phi) is 4.40. The maximum absolute atomic E-state index is 12.8. The zero-order chi connectivity index (χ0) is 18.1. The van der Waals surface area contributed by atoms with E-state index in [1.54, 1.807) is 6.92 Å². The minimum Gasteiger partial charge on any atom is -0.320 e. The summed E-state index contributed by atoms with van der Waals surface area (Å²) in [5, 5.41) is 13.5. The molecule has 2 rings (SSSR count). The van der Waals surface area contributed by atoms with Crippen molar-refractivity contribution >= 4 is 23.5 Å². The van der Waals surface area contributed by atoms with E-state index >= 15 is 0 Å². The number of hydrogen-bond acceptors (Lipinski definition) is 5. The van der Waals surface area contributed by atoms with Gasteiger partial charge in [0.25, 0.3) is 11.2 Å². The highest BCUT2D eigenvalue weighted by Crippen LogP contribution is 2.30. The van der Waals surface area contributed by atoms with Crippen molar-refractivity contribution in [3.63, 3.8) is 0 Å². The van der Waals surface area contributed by atoms with Crippen molar-refractivity contribution in [1.29, 1.82) is 0 Å². The summed E-state index contributed by atoms with van der Waals surface area (Å²) in [6.45, 7) is 4.95. The second-order valence-electron chi connectivity index (χ2n) is 4.76. The van der Waals surface area contributed by atoms with Gasteiger partial charge in [-0.3, -0.25) is 19.5 Å². The Morgan fingerprint density at radius 3 is 2.58 bits per heavy atom. The topological polar surface area (TPSA) is 90.1 Å². The molecule has 0 saturated carbocycles. The highest BCUT2D eigenvalue weighted by Gasteiger charge is 2.34. The minimum atomic E-state index is -4.84. The molecule has 24 heavy (non-hydrogen) atoms. The third-order valence-corrected chi connectivity index (χ3v) is 3.02. The number of alkyl halides is 3. The number of hydrogen-bond donors (Lipinski definition) is 1. The smallest absolute Gasteiger partial charge is 0.320 e. The number of benzene rings is 1. The summed E-state index contributed by atoms with van der Waals surface area (Å²) in [6.07, 6.45) is -3.88. The lowest BCUT2D eigenvalue weighted by atomic mass is 10.2. The number of nitrogens with one attached hydrogen (secondary N) is 1. The van der Waals surface area contributed by atoms with Crippen LogP contribution in [-0.4, -0.2) is 14.5 Å². The number of rotatable bonds is 4. The molecule has 0 radical (unpaired) electrons. The molecule has 1 heterocycles. The number of aryl methyl sites for hydroxylation is 1. The molecular formula is C14H11F3N4O3. The predicted molar refractivity (Wildman–Crippen MR) is 81.0 cm³/mol.